The Bertz CT molecular complexity index is 407. The first-order chi connectivity index (χ1) is 8.06. The Labute approximate surface area is 102 Å². The fourth-order valence-electron chi connectivity index (χ4n) is 1.75. The van der Waals surface area contributed by atoms with Gasteiger partial charge in [-0.2, -0.15) is 5.10 Å². The summed E-state index contributed by atoms with van der Waals surface area (Å²) < 4.78 is 1.74. The van der Waals surface area contributed by atoms with Crippen LogP contribution in [0, 0.1) is 0 Å². The number of rotatable bonds is 5. The minimum atomic E-state index is 0.00630. The standard InChI is InChI=1S/C12H20N4O/c1-8(2)12-10(7-16(3)15-12)14-11(17)6-13-9-4-5-9/h7-9,13H,4-6H2,1-3H3,(H,14,17). The van der Waals surface area contributed by atoms with E-state index in [4.69, 9.17) is 0 Å². The van der Waals surface area contributed by atoms with Gasteiger partial charge >= 0.3 is 0 Å². The zero-order valence-electron chi connectivity index (χ0n) is 10.7. The van der Waals surface area contributed by atoms with Crippen molar-refractivity contribution in [2.75, 3.05) is 11.9 Å². The molecule has 0 saturated heterocycles. The van der Waals surface area contributed by atoms with E-state index in [1.54, 1.807) is 4.68 Å². The largest absolute Gasteiger partial charge is 0.322 e. The van der Waals surface area contributed by atoms with E-state index in [1.807, 2.05) is 13.2 Å². The molecule has 1 aromatic heterocycles. The molecule has 1 heterocycles. The van der Waals surface area contributed by atoms with E-state index >= 15 is 0 Å². The average Bonchev–Trinajstić information content (AvgIpc) is 3.00. The van der Waals surface area contributed by atoms with Crippen LogP contribution in [0.25, 0.3) is 0 Å². The number of carbonyl (C=O) groups excluding carboxylic acids is 1. The molecule has 1 fully saturated rings. The molecule has 5 nitrogen and oxygen atoms in total. The molecule has 1 amide bonds. The van der Waals surface area contributed by atoms with Crippen molar-refractivity contribution in [2.24, 2.45) is 7.05 Å². The van der Waals surface area contributed by atoms with Gasteiger partial charge in [-0.3, -0.25) is 9.48 Å². The normalized spacial score (nSPS) is 15.3. The SMILES string of the molecule is CC(C)c1nn(C)cc1NC(=O)CNC1CC1. The molecule has 1 aromatic rings. The van der Waals surface area contributed by atoms with E-state index in [2.05, 4.69) is 29.6 Å². The van der Waals surface area contributed by atoms with Crippen LogP contribution in [0.1, 0.15) is 38.3 Å². The summed E-state index contributed by atoms with van der Waals surface area (Å²) in [7, 11) is 1.87. The van der Waals surface area contributed by atoms with Crippen molar-refractivity contribution in [3.8, 4) is 0 Å². The van der Waals surface area contributed by atoms with Gasteiger partial charge in [0.1, 0.15) is 0 Å². The maximum absolute atomic E-state index is 11.7. The Morgan fingerprint density at radius 2 is 2.29 bits per heavy atom. The number of aryl methyl sites for hydroxylation is 1. The van der Waals surface area contributed by atoms with Crippen molar-refractivity contribution >= 4 is 11.6 Å². The molecule has 5 heteroatoms. The van der Waals surface area contributed by atoms with Crippen molar-refractivity contribution < 1.29 is 4.79 Å². The molecule has 0 radical (unpaired) electrons. The van der Waals surface area contributed by atoms with E-state index in [-0.39, 0.29) is 5.91 Å². The van der Waals surface area contributed by atoms with Crippen molar-refractivity contribution in [3.05, 3.63) is 11.9 Å². The highest BCUT2D eigenvalue weighted by molar-refractivity contribution is 5.92. The van der Waals surface area contributed by atoms with E-state index in [0.717, 1.165) is 11.4 Å². The molecule has 0 atom stereocenters. The quantitative estimate of drug-likeness (QED) is 0.808. The molecular formula is C12H20N4O. The van der Waals surface area contributed by atoms with Gasteiger partial charge in [0.2, 0.25) is 5.91 Å². The fourth-order valence-corrected chi connectivity index (χ4v) is 1.75. The van der Waals surface area contributed by atoms with Crippen LogP contribution in [0.2, 0.25) is 0 Å². The van der Waals surface area contributed by atoms with Crippen LogP contribution in [0.4, 0.5) is 5.69 Å². The Morgan fingerprint density at radius 3 is 2.88 bits per heavy atom. The van der Waals surface area contributed by atoms with Crippen LogP contribution >= 0.6 is 0 Å². The first kappa shape index (κ1) is 12.1. The Balaban J connectivity index is 1.93. The summed E-state index contributed by atoms with van der Waals surface area (Å²) in [6.07, 6.45) is 4.24. The summed E-state index contributed by atoms with van der Waals surface area (Å²) in [5.41, 5.74) is 1.76. The van der Waals surface area contributed by atoms with Crippen LogP contribution in [-0.2, 0) is 11.8 Å². The third-order valence-electron chi connectivity index (χ3n) is 2.81. The first-order valence-electron chi connectivity index (χ1n) is 6.13. The number of hydrogen-bond donors (Lipinski definition) is 2. The summed E-state index contributed by atoms with van der Waals surface area (Å²) in [6.45, 7) is 4.53. The second kappa shape index (κ2) is 4.87. The average molecular weight is 236 g/mol. The highest BCUT2D eigenvalue weighted by Crippen LogP contribution is 2.22. The monoisotopic (exact) mass is 236 g/mol. The van der Waals surface area contributed by atoms with E-state index < -0.39 is 0 Å². The van der Waals surface area contributed by atoms with Gasteiger partial charge in [-0.15, -0.1) is 0 Å². The number of aromatic nitrogens is 2. The Kier molecular flexibility index (Phi) is 3.47. The van der Waals surface area contributed by atoms with Gasteiger partial charge in [0, 0.05) is 19.3 Å². The molecule has 1 saturated carbocycles. The van der Waals surface area contributed by atoms with Gasteiger partial charge in [-0.25, -0.2) is 0 Å². The van der Waals surface area contributed by atoms with E-state index in [0.29, 0.717) is 18.5 Å². The zero-order valence-corrected chi connectivity index (χ0v) is 10.7. The highest BCUT2D eigenvalue weighted by Gasteiger charge is 2.21. The van der Waals surface area contributed by atoms with Crippen LogP contribution in [0.15, 0.2) is 6.20 Å². The van der Waals surface area contributed by atoms with E-state index in [1.165, 1.54) is 12.8 Å². The smallest absolute Gasteiger partial charge is 0.238 e. The summed E-state index contributed by atoms with van der Waals surface area (Å²) in [4.78, 5) is 11.7. The lowest BCUT2D eigenvalue weighted by molar-refractivity contribution is -0.115. The van der Waals surface area contributed by atoms with Crippen molar-refractivity contribution in [1.29, 1.82) is 0 Å². The summed E-state index contributed by atoms with van der Waals surface area (Å²) in [5, 5.41) is 10.5. The molecule has 1 aliphatic carbocycles. The zero-order chi connectivity index (χ0) is 12.4. The molecule has 0 aromatic carbocycles. The van der Waals surface area contributed by atoms with Gasteiger partial charge in [0.25, 0.3) is 0 Å². The number of nitrogens with zero attached hydrogens (tertiary/aromatic N) is 2. The van der Waals surface area contributed by atoms with Gasteiger partial charge in [0.05, 0.1) is 17.9 Å². The van der Waals surface area contributed by atoms with Gasteiger partial charge < -0.3 is 10.6 Å². The highest BCUT2D eigenvalue weighted by atomic mass is 16.1. The van der Waals surface area contributed by atoms with Crippen LogP contribution in [-0.4, -0.2) is 28.3 Å². The first-order valence-corrected chi connectivity index (χ1v) is 6.13. The number of carbonyl (C=O) groups is 1. The predicted molar refractivity (Wildman–Crippen MR) is 67.0 cm³/mol. The lowest BCUT2D eigenvalue weighted by Crippen LogP contribution is -2.29. The van der Waals surface area contributed by atoms with Crippen molar-refractivity contribution in [3.63, 3.8) is 0 Å². The summed E-state index contributed by atoms with van der Waals surface area (Å²) in [6, 6.07) is 0.555. The maximum atomic E-state index is 11.7. The lowest BCUT2D eigenvalue weighted by Gasteiger charge is -2.07. The molecule has 0 unspecified atom stereocenters. The number of anilines is 1. The van der Waals surface area contributed by atoms with E-state index in [9.17, 15) is 4.79 Å². The number of amides is 1. The third kappa shape index (κ3) is 3.30. The number of nitrogens with one attached hydrogen (secondary N) is 2. The molecular weight excluding hydrogens is 216 g/mol. The second-order valence-electron chi connectivity index (χ2n) is 4.96. The summed E-state index contributed by atoms with van der Waals surface area (Å²) in [5.74, 6) is 0.315. The second-order valence-corrected chi connectivity index (χ2v) is 4.96. The molecule has 0 spiro atoms. The molecule has 2 N–H and O–H groups in total. The van der Waals surface area contributed by atoms with Crippen LogP contribution in [0.5, 0.6) is 0 Å². The lowest BCUT2D eigenvalue weighted by atomic mass is 10.1. The molecule has 0 bridgehead atoms. The van der Waals surface area contributed by atoms with Gasteiger partial charge in [-0.05, 0) is 18.8 Å². The van der Waals surface area contributed by atoms with Crippen molar-refractivity contribution in [1.82, 2.24) is 15.1 Å². The Hall–Kier alpha value is -1.36. The molecule has 17 heavy (non-hydrogen) atoms. The van der Waals surface area contributed by atoms with Gasteiger partial charge in [-0.1, -0.05) is 13.8 Å². The molecule has 94 valence electrons. The molecule has 2 rings (SSSR count). The molecule has 0 aliphatic heterocycles. The minimum absolute atomic E-state index is 0.00630. The molecule has 1 aliphatic rings. The predicted octanol–water partition coefficient (Wildman–Crippen LogP) is 1.23. The third-order valence-corrected chi connectivity index (χ3v) is 2.81. The topological polar surface area (TPSA) is 59.0 Å². The summed E-state index contributed by atoms with van der Waals surface area (Å²) >= 11 is 0. The van der Waals surface area contributed by atoms with Crippen molar-refractivity contribution in [2.45, 2.75) is 38.6 Å². The van der Waals surface area contributed by atoms with Crippen LogP contribution < -0.4 is 10.6 Å². The fraction of sp³-hybridized carbons (Fsp3) is 0.667. The Morgan fingerprint density at radius 1 is 1.59 bits per heavy atom. The maximum Gasteiger partial charge on any atom is 0.238 e. The number of hydrogen-bond acceptors (Lipinski definition) is 3. The minimum Gasteiger partial charge on any atom is -0.322 e. The van der Waals surface area contributed by atoms with Gasteiger partial charge in [0.15, 0.2) is 0 Å². The van der Waals surface area contributed by atoms with Crippen LogP contribution in [0.3, 0.4) is 0 Å².